The van der Waals surface area contributed by atoms with Crippen molar-refractivity contribution in [2.45, 2.75) is 16.5 Å². The monoisotopic (exact) mass is 384 g/mol. The summed E-state index contributed by atoms with van der Waals surface area (Å²) in [6.07, 6.45) is 0. The number of anilines is 2. The average molecular weight is 385 g/mol. The topological polar surface area (TPSA) is 58.1 Å². The average Bonchev–Trinajstić information content (AvgIpc) is 3.09. The summed E-state index contributed by atoms with van der Waals surface area (Å²) in [4.78, 5) is 14.2. The first kappa shape index (κ1) is 18.4. The molecule has 0 aliphatic carbocycles. The van der Waals surface area contributed by atoms with Crippen molar-refractivity contribution in [3.63, 3.8) is 0 Å². The van der Waals surface area contributed by atoms with Gasteiger partial charge < -0.3 is 10.2 Å². The van der Waals surface area contributed by atoms with Gasteiger partial charge in [-0.2, -0.15) is 0 Å². The predicted octanol–water partition coefficient (Wildman–Crippen LogP) is 4.51. The van der Waals surface area contributed by atoms with E-state index in [1.807, 2.05) is 54.6 Å². The molecule has 7 heteroatoms. The van der Waals surface area contributed by atoms with E-state index in [4.69, 9.17) is 0 Å². The van der Waals surface area contributed by atoms with E-state index in [1.165, 1.54) is 28.7 Å². The summed E-state index contributed by atoms with van der Waals surface area (Å²) in [5.74, 6) is 0.0319. The Hall–Kier alpha value is -2.38. The lowest BCUT2D eigenvalue weighted by Crippen LogP contribution is -2.26. The van der Waals surface area contributed by atoms with E-state index in [0.29, 0.717) is 5.13 Å². The minimum Gasteiger partial charge on any atom is -0.348 e. The summed E-state index contributed by atoms with van der Waals surface area (Å²) in [6, 6.07) is 17.8. The molecule has 1 unspecified atom stereocenters. The number of likely N-dealkylation sites (N-methyl/N-ethyl adjacent to an activating group) is 1. The standard InChI is InChI=1S/C19H20N4OS2/c1-13-9-11-15(12-10-13)20-18-21-22-19(26-18)25-16(17(24)23(2)3)14-7-5-4-6-8-14/h4-12,16H,1-3H3,(H,20,21). The van der Waals surface area contributed by atoms with Crippen LogP contribution in [0.25, 0.3) is 0 Å². The van der Waals surface area contributed by atoms with Crippen molar-refractivity contribution in [3.05, 3.63) is 65.7 Å². The van der Waals surface area contributed by atoms with E-state index in [0.717, 1.165) is 15.6 Å². The first-order valence-corrected chi connectivity index (χ1v) is 9.82. The number of carbonyl (C=O) groups is 1. The summed E-state index contributed by atoms with van der Waals surface area (Å²) in [5.41, 5.74) is 3.13. The first-order chi connectivity index (χ1) is 12.5. The van der Waals surface area contributed by atoms with Crippen LogP contribution in [0.3, 0.4) is 0 Å². The second kappa shape index (κ2) is 8.33. The molecule has 26 heavy (non-hydrogen) atoms. The third-order valence-electron chi connectivity index (χ3n) is 3.70. The highest BCUT2D eigenvalue weighted by molar-refractivity contribution is 8.01. The lowest BCUT2D eigenvalue weighted by Gasteiger charge is -2.19. The Balaban J connectivity index is 1.76. The zero-order valence-electron chi connectivity index (χ0n) is 14.8. The number of aromatic nitrogens is 2. The fraction of sp³-hybridized carbons (Fsp3) is 0.211. The van der Waals surface area contributed by atoms with Gasteiger partial charge in [-0.3, -0.25) is 4.79 Å². The molecule has 0 spiro atoms. The molecule has 0 saturated heterocycles. The molecule has 0 aliphatic heterocycles. The Bertz CT molecular complexity index is 863. The molecule has 0 saturated carbocycles. The number of hydrogen-bond donors (Lipinski definition) is 1. The van der Waals surface area contributed by atoms with Crippen LogP contribution >= 0.6 is 23.1 Å². The smallest absolute Gasteiger partial charge is 0.240 e. The van der Waals surface area contributed by atoms with Crippen molar-refractivity contribution in [1.29, 1.82) is 0 Å². The molecule has 1 amide bonds. The number of rotatable bonds is 6. The van der Waals surface area contributed by atoms with Crippen molar-refractivity contribution in [2.75, 3.05) is 19.4 Å². The predicted molar refractivity (Wildman–Crippen MR) is 108 cm³/mol. The summed E-state index contributed by atoms with van der Waals surface area (Å²) < 4.78 is 0.753. The molecular formula is C19H20N4OS2. The minimum absolute atomic E-state index is 0.0319. The Morgan fingerprint density at radius 3 is 2.42 bits per heavy atom. The lowest BCUT2D eigenvalue weighted by atomic mass is 10.1. The fourth-order valence-electron chi connectivity index (χ4n) is 2.29. The van der Waals surface area contributed by atoms with Gasteiger partial charge in [0.05, 0.1) is 0 Å². The van der Waals surface area contributed by atoms with Crippen molar-refractivity contribution >= 4 is 39.8 Å². The van der Waals surface area contributed by atoms with Crippen LogP contribution in [0.1, 0.15) is 16.4 Å². The highest BCUT2D eigenvalue weighted by Crippen LogP contribution is 2.39. The second-order valence-electron chi connectivity index (χ2n) is 6.01. The zero-order chi connectivity index (χ0) is 18.5. The van der Waals surface area contributed by atoms with Gasteiger partial charge in [0.2, 0.25) is 11.0 Å². The molecular weight excluding hydrogens is 364 g/mol. The van der Waals surface area contributed by atoms with Crippen LogP contribution in [-0.4, -0.2) is 35.1 Å². The minimum atomic E-state index is -0.341. The third kappa shape index (κ3) is 4.62. The van der Waals surface area contributed by atoms with Crippen molar-refractivity contribution in [3.8, 4) is 0 Å². The van der Waals surface area contributed by atoms with E-state index in [1.54, 1.807) is 19.0 Å². The summed E-state index contributed by atoms with van der Waals surface area (Å²) in [7, 11) is 3.53. The Morgan fingerprint density at radius 1 is 1.08 bits per heavy atom. The van der Waals surface area contributed by atoms with Gasteiger partial charge >= 0.3 is 0 Å². The van der Waals surface area contributed by atoms with Crippen LogP contribution in [0.5, 0.6) is 0 Å². The molecule has 1 atom stereocenters. The zero-order valence-corrected chi connectivity index (χ0v) is 16.5. The summed E-state index contributed by atoms with van der Waals surface area (Å²) >= 11 is 2.87. The summed E-state index contributed by atoms with van der Waals surface area (Å²) in [6.45, 7) is 2.05. The first-order valence-electron chi connectivity index (χ1n) is 8.13. The van der Waals surface area contributed by atoms with Gasteiger partial charge in [0.1, 0.15) is 5.25 Å². The molecule has 3 aromatic rings. The molecule has 0 radical (unpaired) electrons. The van der Waals surface area contributed by atoms with E-state index < -0.39 is 0 Å². The number of thioether (sulfide) groups is 1. The Labute approximate surface area is 161 Å². The number of hydrogen-bond acceptors (Lipinski definition) is 6. The van der Waals surface area contributed by atoms with Crippen LogP contribution in [0.15, 0.2) is 58.9 Å². The van der Waals surface area contributed by atoms with Gasteiger partial charge in [-0.05, 0) is 24.6 Å². The van der Waals surface area contributed by atoms with Crippen LogP contribution < -0.4 is 5.32 Å². The van der Waals surface area contributed by atoms with Crippen LogP contribution in [0.2, 0.25) is 0 Å². The number of nitrogens with one attached hydrogen (secondary N) is 1. The van der Waals surface area contributed by atoms with Gasteiger partial charge in [0.15, 0.2) is 4.34 Å². The molecule has 3 rings (SSSR count). The Morgan fingerprint density at radius 2 is 1.77 bits per heavy atom. The van der Waals surface area contributed by atoms with E-state index in [-0.39, 0.29) is 11.2 Å². The maximum atomic E-state index is 12.6. The van der Waals surface area contributed by atoms with Gasteiger partial charge in [0.25, 0.3) is 0 Å². The normalized spacial score (nSPS) is 11.8. The summed E-state index contributed by atoms with van der Waals surface area (Å²) in [5, 5.41) is 12.1. The number of amides is 1. The molecule has 1 aromatic heterocycles. The van der Waals surface area contributed by atoms with Gasteiger partial charge in [-0.15, -0.1) is 10.2 Å². The second-order valence-corrected chi connectivity index (χ2v) is 8.34. The van der Waals surface area contributed by atoms with Crippen molar-refractivity contribution < 1.29 is 4.79 Å². The van der Waals surface area contributed by atoms with E-state index in [9.17, 15) is 4.79 Å². The van der Waals surface area contributed by atoms with Crippen molar-refractivity contribution in [2.24, 2.45) is 0 Å². The maximum absolute atomic E-state index is 12.6. The molecule has 1 N–H and O–H groups in total. The van der Waals surface area contributed by atoms with E-state index >= 15 is 0 Å². The number of nitrogens with zero attached hydrogens (tertiary/aromatic N) is 3. The van der Waals surface area contributed by atoms with Crippen LogP contribution in [0.4, 0.5) is 10.8 Å². The lowest BCUT2D eigenvalue weighted by molar-refractivity contribution is -0.128. The molecule has 1 heterocycles. The van der Waals surface area contributed by atoms with Crippen molar-refractivity contribution in [1.82, 2.24) is 15.1 Å². The quantitative estimate of drug-likeness (QED) is 0.634. The maximum Gasteiger partial charge on any atom is 0.240 e. The molecule has 0 fully saturated rings. The Kier molecular flexibility index (Phi) is 5.90. The van der Waals surface area contributed by atoms with Gasteiger partial charge in [-0.25, -0.2) is 0 Å². The fourth-order valence-corrected chi connectivity index (χ4v) is 4.40. The molecule has 0 aliphatic rings. The molecule has 2 aromatic carbocycles. The largest absolute Gasteiger partial charge is 0.348 e. The molecule has 0 bridgehead atoms. The molecule has 134 valence electrons. The number of benzene rings is 2. The number of aryl methyl sites for hydroxylation is 1. The van der Waals surface area contributed by atoms with Gasteiger partial charge in [-0.1, -0.05) is 71.1 Å². The SMILES string of the molecule is Cc1ccc(Nc2nnc(SC(C(=O)N(C)C)c3ccccc3)s2)cc1. The van der Waals surface area contributed by atoms with E-state index in [2.05, 4.69) is 22.4 Å². The number of carbonyl (C=O) groups excluding carboxylic acids is 1. The van der Waals surface area contributed by atoms with Gasteiger partial charge in [0, 0.05) is 19.8 Å². The van der Waals surface area contributed by atoms with Crippen LogP contribution in [0, 0.1) is 6.92 Å². The van der Waals surface area contributed by atoms with Crippen LogP contribution in [-0.2, 0) is 4.79 Å². The highest BCUT2D eigenvalue weighted by atomic mass is 32.2. The highest BCUT2D eigenvalue weighted by Gasteiger charge is 2.25. The molecule has 5 nitrogen and oxygen atoms in total. The third-order valence-corrected chi connectivity index (χ3v) is 5.86.